The molecule has 5 aliphatic rings. The normalized spacial score (nSPS) is 13.5. The number of halogens is 3. The summed E-state index contributed by atoms with van der Waals surface area (Å²) in [4.78, 5) is 150. The molecule has 0 spiro atoms. The van der Waals surface area contributed by atoms with Crippen molar-refractivity contribution in [2.75, 3.05) is 216 Å². The molecule has 0 bridgehead atoms. The van der Waals surface area contributed by atoms with Crippen molar-refractivity contribution in [3.8, 4) is 11.1 Å². The minimum Gasteiger partial charge on any atom is -0.870 e. The van der Waals surface area contributed by atoms with Gasteiger partial charge in [-0.3, -0.25) is 45.1 Å². The molecule has 5 aliphatic heterocycles. The third-order valence-electron chi connectivity index (χ3n) is 22.1. The van der Waals surface area contributed by atoms with E-state index in [1.165, 1.54) is 81.0 Å². The summed E-state index contributed by atoms with van der Waals surface area (Å²) in [6.07, 6.45) is 24.7. The van der Waals surface area contributed by atoms with Crippen molar-refractivity contribution in [1.82, 2.24) is 55.2 Å². The number of nitrogens with one attached hydrogen (secondary N) is 1. The number of piperazine rings is 5. The van der Waals surface area contributed by atoms with Crippen LogP contribution in [-0.2, 0) is 30.2 Å². The van der Waals surface area contributed by atoms with Gasteiger partial charge in [0.15, 0.2) is 0 Å². The predicted octanol–water partition coefficient (Wildman–Crippen LogP) is 8.02. The maximum absolute atomic E-state index is 13.8. The number of nitrogens with zero attached hydrogens (tertiary/aromatic N) is 21. The molecular formula is C95H106ClF2N24NaO17. The maximum Gasteiger partial charge on any atom is 1.00 e. The van der Waals surface area contributed by atoms with Crippen LogP contribution >= 0.6 is 11.6 Å². The van der Waals surface area contributed by atoms with E-state index in [-0.39, 0.29) is 93.6 Å². The number of nitro groups is 2. The van der Waals surface area contributed by atoms with Gasteiger partial charge in [-0.15, -0.1) is 0 Å². The van der Waals surface area contributed by atoms with Gasteiger partial charge in [0, 0.05) is 252 Å². The average molecular weight is 1950 g/mol. The summed E-state index contributed by atoms with van der Waals surface area (Å²) in [7, 11) is 6.21. The number of benzene rings is 2. The minimum atomic E-state index is -0.922. The van der Waals surface area contributed by atoms with Crippen molar-refractivity contribution >= 4 is 116 Å². The fourth-order valence-corrected chi connectivity index (χ4v) is 14.9. The van der Waals surface area contributed by atoms with Gasteiger partial charge in [0.2, 0.25) is 0 Å². The van der Waals surface area contributed by atoms with Crippen LogP contribution in [0.15, 0.2) is 232 Å². The van der Waals surface area contributed by atoms with Gasteiger partial charge in [0.05, 0.1) is 74.0 Å². The van der Waals surface area contributed by atoms with E-state index in [0.29, 0.717) is 46.8 Å². The van der Waals surface area contributed by atoms with Gasteiger partial charge < -0.3 is 95.2 Å². The molecule has 5 fully saturated rings. The van der Waals surface area contributed by atoms with E-state index in [1.54, 1.807) is 79.9 Å². The summed E-state index contributed by atoms with van der Waals surface area (Å²) in [5, 5.41) is 33.9. The van der Waals surface area contributed by atoms with Gasteiger partial charge in [0.1, 0.15) is 69.1 Å². The van der Waals surface area contributed by atoms with E-state index < -0.39 is 57.0 Å². The summed E-state index contributed by atoms with van der Waals surface area (Å²) >= 11 is 5.48. The second-order valence-electron chi connectivity index (χ2n) is 30.1. The van der Waals surface area contributed by atoms with Crippen molar-refractivity contribution < 1.29 is 111 Å². The number of carbonyl (C=O) groups is 6. The first kappa shape index (κ1) is 110. The monoisotopic (exact) mass is 1950 g/mol. The average Bonchev–Trinajstić information content (AvgIpc) is 0.808. The van der Waals surface area contributed by atoms with Crippen molar-refractivity contribution in [2.45, 2.75) is 14.0 Å². The molecule has 140 heavy (non-hydrogen) atoms. The molecule has 0 unspecified atom stereocenters. The third-order valence-corrected chi connectivity index (χ3v) is 22.3. The fourth-order valence-electron chi connectivity index (χ4n) is 14.8. The molecule has 7 N–H and O–H groups in total. The Bertz CT molecular complexity index is 6030. The van der Waals surface area contributed by atoms with Crippen LogP contribution in [0.25, 0.3) is 11.1 Å². The van der Waals surface area contributed by atoms with E-state index in [9.17, 15) is 57.8 Å². The first-order chi connectivity index (χ1) is 66.4. The zero-order valence-electron chi connectivity index (χ0n) is 77.0. The number of aromatic nitrogens is 10. The summed E-state index contributed by atoms with van der Waals surface area (Å²) < 4.78 is 50.6. The van der Waals surface area contributed by atoms with Gasteiger partial charge in [-0.1, -0.05) is 43.3 Å². The number of carboxylic acids is 1. The van der Waals surface area contributed by atoms with Crippen LogP contribution in [0, 0.1) is 31.9 Å². The van der Waals surface area contributed by atoms with E-state index in [4.69, 9.17) is 37.6 Å². The molecule has 17 rings (SSSR count). The Balaban J connectivity index is 0.000000201. The molecule has 41 nitrogen and oxygen atoms in total. The zero-order valence-corrected chi connectivity index (χ0v) is 79.7. The Hall–Kier alpha value is -15.4. The Kier molecular flexibility index (Phi) is 43.7. The van der Waals surface area contributed by atoms with E-state index >= 15 is 0 Å². The van der Waals surface area contributed by atoms with Crippen molar-refractivity contribution in [3.63, 3.8) is 0 Å². The molecule has 0 radical (unpaired) electrons. The van der Waals surface area contributed by atoms with Crippen molar-refractivity contribution in [2.24, 2.45) is 5.73 Å². The number of nitrogens with two attached hydrogens (primary N) is 2. The molecule has 15 heterocycles. The number of anilines is 10. The van der Waals surface area contributed by atoms with Gasteiger partial charge in [0.25, 0.3) is 0 Å². The Morgan fingerprint density at radius 3 is 1.11 bits per heavy atom. The number of hydrogen-bond donors (Lipinski definition) is 4. The third kappa shape index (κ3) is 30.8. The second kappa shape index (κ2) is 55.7. The number of carboxylic acid groups (broad SMARTS) is 1. The Morgan fingerprint density at radius 1 is 0.407 bits per heavy atom. The van der Waals surface area contributed by atoms with E-state index in [2.05, 4.69) is 121 Å². The zero-order chi connectivity index (χ0) is 97.7. The number of pyridine rings is 10. The van der Waals surface area contributed by atoms with Gasteiger partial charge in [-0.25, -0.2) is 62.5 Å². The first-order valence-corrected chi connectivity index (χ1v) is 43.3. The minimum absolute atomic E-state index is 0. The van der Waals surface area contributed by atoms with Crippen LogP contribution in [0.2, 0.25) is 5.15 Å². The molecule has 45 heteroatoms. The fraction of sp³-hybridized carbons (Fsp3) is 0.284. The molecular weight excluding hydrogens is 1850 g/mol. The predicted molar refractivity (Wildman–Crippen MR) is 520 cm³/mol. The second-order valence-corrected chi connectivity index (χ2v) is 30.5. The summed E-state index contributed by atoms with van der Waals surface area (Å²) in [5.41, 5.74) is 18.3. The molecule has 0 aliphatic carbocycles. The van der Waals surface area contributed by atoms with Crippen molar-refractivity contribution in [1.29, 1.82) is 0 Å². The van der Waals surface area contributed by atoms with Crippen LogP contribution < -0.4 is 90.4 Å². The van der Waals surface area contributed by atoms with Crippen molar-refractivity contribution in [3.05, 3.63) is 308 Å². The molecule has 0 atom stereocenters. The van der Waals surface area contributed by atoms with Gasteiger partial charge in [-0.05, 0) is 120 Å². The molecule has 0 amide bonds. The molecule has 730 valence electrons. The molecule has 12 aromatic rings. The Labute approximate surface area is 833 Å². The topological polar surface area (TPSA) is 507 Å². The first-order valence-electron chi connectivity index (χ1n) is 42.9. The molecule has 0 saturated carbocycles. The number of rotatable bonds is 19. The number of hydrogen-bond acceptors (Lipinski definition) is 38. The van der Waals surface area contributed by atoms with Gasteiger partial charge >= 0.3 is 76.7 Å². The SMILES string of the molecule is C.COC(=O)c1c(F)cccc1-c1ccc(CN)c(F)c1.COC(=O)c1cc(Cl)ncc1[N+](=O)[O-].COC(=O)c1cc(N2CCN(c3ccncc3)CC2)ncc1N.COC(=O)c1cc(N2CCN(c3ccncc3)CC2)ncc1[N+](=O)[O-].COC(=O)c1ccnc(N2CCN(c3ccncc3)CC2)c1.O=C(O)c1ccnc(N2CCN(c3ccncc3)CC2)c1.[Na+].[OH-].c1cc(N2CCNCC2)ccn1. The largest absolute Gasteiger partial charge is 1.00 e. The number of aromatic carboxylic acids is 1. The number of methoxy groups -OCH3 is 5. The molecule has 5 saturated heterocycles. The van der Waals surface area contributed by atoms with Crippen LogP contribution in [0.3, 0.4) is 0 Å². The molecule has 2 aromatic carbocycles. The summed E-state index contributed by atoms with van der Waals surface area (Å²) in [5.74, 6) is -2.46. The Morgan fingerprint density at radius 2 is 0.743 bits per heavy atom. The quantitative estimate of drug-likeness (QED) is 0.0149. The number of carbonyl (C=O) groups excluding carboxylic acids is 5. The van der Waals surface area contributed by atoms with Crippen LogP contribution in [0.4, 0.5) is 77.6 Å². The maximum atomic E-state index is 13.8. The number of esters is 5. The smallest absolute Gasteiger partial charge is 0.870 e. The van der Waals surface area contributed by atoms with Crippen LogP contribution in [0.5, 0.6) is 0 Å². The van der Waals surface area contributed by atoms with E-state index in [1.807, 2.05) is 78.2 Å². The van der Waals surface area contributed by atoms with Gasteiger partial charge in [-0.2, -0.15) is 0 Å². The number of ether oxygens (including phenoxy) is 5. The molecule has 10 aromatic heterocycles. The van der Waals surface area contributed by atoms with E-state index in [0.717, 1.165) is 185 Å². The number of nitrogen functional groups attached to an aromatic ring is 1. The summed E-state index contributed by atoms with van der Waals surface area (Å²) in [6.45, 7) is 17.7. The standard InChI is InChI=1S/C16H17N5O4.C16H19N5O2.C16H18N4O2.C15H13F2NO2.C15H16N4O2.C9H13N3.C7H5ClN2O4.CH4.Na.H2O/c1-25-16(22)13-10-15(18-11-14(13)21(23)24)20-8-6-19(7-9-20)12-2-4-17-5-3-12;1-23-16(22)13-10-15(19-11-14(13)17)21-8-6-20(7-9-21)12-2-4-18-5-3-12;1-22-16(21)13-2-7-18-15(12-13)20-10-8-19(9-11-20)14-3-5-17-6-4-14;1-20-15(19)14-11(3-2-4-12(14)16)9-5-6-10(8-18)13(17)7-9;20-15(21)12-1-6-17-14(11-12)19-9-7-18(8-10-19)13-2-4-16-5-3-13;1-3-10-4-2-9(1)12-7-5-11-6-8-12;1-14-7(11)4-2-6(8)9-3-5(4)10(12)13;;;/h2-5,10-11H,6-9H2,1H3;2-5,10-11H,6-9,17H2,1H3;2-7,12H,8-11H2,1H3;2-7H,8,18H2,1H3;1-6,11H,7-10H2,(H,20,21);1-4,11H,5-8H2;2-3H,1H3;1H4;;1H2/q;;;;;;;;+1;/p-1. The summed E-state index contributed by atoms with van der Waals surface area (Å²) in [6, 6.07) is 39.3. The van der Waals surface area contributed by atoms with Crippen LogP contribution in [0.1, 0.15) is 75.1 Å². The van der Waals surface area contributed by atoms with Crippen LogP contribution in [-0.4, -0.2) is 273 Å².